The molecule has 4 heterocycles. The number of nitrogens with zero attached hydrogens (tertiary/aromatic N) is 4. The lowest BCUT2D eigenvalue weighted by Gasteiger charge is -2.40. The Bertz CT molecular complexity index is 848. The molecule has 2 aromatic heterocycles. The second kappa shape index (κ2) is 7.29. The van der Waals surface area contributed by atoms with E-state index in [-0.39, 0.29) is 17.9 Å². The average molecular weight is 387 g/mol. The largest absolute Gasteiger partial charge is 0.472 e. The van der Waals surface area contributed by atoms with Crippen molar-refractivity contribution in [2.45, 2.75) is 32.1 Å². The third-order valence-corrected chi connectivity index (χ3v) is 5.78. The number of aryl methyl sites for hydroxylation is 1. The summed E-state index contributed by atoms with van der Waals surface area (Å²) in [5.41, 5.74) is 0.120. The van der Waals surface area contributed by atoms with Gasteiger partial charge in [-0.3, -0.25) is 4.79 Å². The van der Waals surface area contributed by atoms with Crippen LogP contribution < -0.4 is 5.32 Å². The molecule has 2 aliphatic heterocycles. The van der Waals surface area contributed by atoms with Gasteiger partial charge in [0.15, 0.2) is 0 Å². The number of nitrogens with one attached hydrogen (secondary N) is 1. The quantitative estimate of drug-likeness (QED) is 0.858. The van der Waals surface area contributed by atoms with E-state index < -0.39 is 5.41 Å². The van der Waals surface area contributed by atoms with Gasteiger partial charge in [0.2, 0.25) is 11.8 Å². The lowest BCUT2D eigenvalue weighted by molar-refractivity contribution is 0.0567. The van der Waals surface area contributed by atoms with Gasteiger partial charge in [-0.1, -0.05) is 6.92 Å². The molecule has 2 fully saturated rings. The Balaban J connectivity index is 1.58. The third kappa shape index (κ3) is 3.14. The Morgan fingerprint density at radius 2 is 2.14 bits per heavy atom. The van der Waals surface area contributed by atoms with Crippen LogP contribution in [0.1, 0.15) is 41.9 Å². The molecule has 0 radical (unpaired) electrons. The van der Waals surface area contributed by atoms with Gasteiger partial charge in [0.05, 0.1) is 17.2 Å². The molecule has 0 spiro atoms. The van der Waals surface area contributed by atoms with Crippen LogP contribution in [0, 0.1) is 12.8 Å². The summed E-state index contributed by atoms with van der Waals surface area (Å²) in [4.78, 5) is 29.0. The number of fused-ring (bicyclic) bond motifs is 1. The van der Waals surface area contributed by atoms with Gasteiger partial charge in [-0.2, -0.15) is 0 Å². The minimum absolute atomic E-state index is 0.0318. The van der Waals surface area contributed by atoms with Crippen molar-refractivity contribution in [1.29, 1.82) is 0 Å². The highest BCUT2D eigenvalue weighted by molar-refractivity contribution is 5.94. The van der Waals surface area contributed by atoms with Gasteiger partial charge in [-0.25, -0.2) is 4.79 Å². The summed E-state index contributed by atoms with van der Waals surface area (Å²) in [7, 11) is 0. The Kier molecular flexibility index (Phi) is 4.82. The van der Waals surface area contributed by atoms with Crippen LogP contribution in [-0.2, 0) is 5.41 Å². The predicted molar refractivity (Wildman–Crippen MR) is 98.7 cm³/mol. The summed E-state index contributed by atoms with van der Waals surface area (Å²) < 4.78 is 10.9. The number of furan rings is 1. The van der Waals surface area contributed by atoms with Crippen molar-refractivity contribution < 1.29 is 18.4 Å². The van der Waals surface area contributed by atoms with Crippen molar-refractivity contribution in [3.8, 4) is 0 Å². The normalized spacial score (nSPS) is 24.3. The minimum Gasteiger partial charge on any atom is -0.472 e. The molecule has 9 heteroatoms. The topological polar surface area (TPSA) is 105 Å². The molecule has 150 valence electrons. The highest BCUT2D eigenvalue weighted by Gasteiger charge is 2.55. The number of hydrogen-bond donors (Lipinski definition) is 1. The monoisotopic (exact) mass is 387 g/mol. The lowest BCUT2D eigenvalue weighted by atomic mass is 9.72. The van der Waals surface area contributed by atoms with Gasteiger partial charge in [0, 0.05) is 45.6 Å². The smallest absolute Gasteiger partial charge is 0.317 e. The van der Waals surface area contributed by atoms with Gasteiger partial charge >= 0.3 is 6.03 Å². The van der Waals surface area contributed by atoms with Crippen molar-refractivity contribution in [3.05, 3.63) is 35.9 Å². The first kappa shape index (κ1) is 18.5. The second-order valence-corrected chi connectivity index (χ2v) is 7.60. The zero-order valence-corrected chi connectivity index (χ0v) is 16.2. The maximum Gasteiger partial charge on any atom is 0.317 e. The Morgan fingerprint density at radius 3 is 2.82 bits per heavy atom. The van der Waals surface area contributed by atoms with E-state index in [1.165, 1.54) is 12.5 Å². The SMILES string of the molecule is CCCNC(=O)N1C[C@@H]2CN(C(=O)c3ccoc3)CC[C@]2(c2nnc(C)o2)C1. The molecule has 3 amide bonds. The van der Waals surface area contributed by atoms with E-state index in [0.717, 1.165) is 6.42 Å². The summed E-state index contributed by atoms with van der Waals surface area (Å²) >= 11 is 0. The summed E-state index contributed by atoms with van der Waals surface area (Å²) in [6.45, 7) is 6.58. The molecule has 0 unspecified atom stereocenters. The minimum atomic E-state index is -0.419. The number of urea groups is 1. The molecular weight excluding hydrogens is 362 g/mol. The maximum atomic E-state index is 12.8. The van der Waals surface area contributed by atoms with E-state index in [4.69, 9.17) is 8.83 Å². The number of carbonyl (C=O) groups excluding carboxylic acids is 2. The van der Waals surface area contributed by atoms with Gasteiger partial charge in [-0.15, -0.1) is 10.2 Å². The summed E-state index contributed by atoms with van der Waals surface area (Å²) in [6.07, 6.45) is 4.51. The van der Waals surface area contributed by atoms with E-state index in [9.17, 15) is 9.59 Å². The molecule has 2 aromatic rings. The van der Waals surface area contributed by atoms with Crippen LogP contribution in [0.25, 0.3) is 0 Å². The molecule has 0 aliphatic carbocycles. The first-order chi connectivity index (χ1) is 13.5. The highest BCUT2D eigenvalue weighted by Crippen LogP contribution is 2.45. The van der Waals surface area contributed by atoms with Crippen LogP contribution in [0.5, 0.6) is 0 Å². The zero-order chi connectivity index (χ0) is 19.7. The number of aromatic nitrogens is 2. The highest BCUT2D eigenvalue weighted by atomic mass is 16.4. The summed E-state index contributed by atoms with van der Waals surface area (Å²) in [6, 6.07) is 1.59. The van der Waals surface area contributed by atoms with Crippen molar-refractivity contribution in [2.75, 3.05) is 32.7 Å². The van der Waals surface area contributed by atoms with Crippen LogP contribution >= 0.6 is 0 Å². The number of piperidine rings is 1. The number of carbonyl (C=O) groups is 2. The van der Waals surface area contributed by atoms with Gasteiger partial charge in [-0.05, 0) is 18.9 Å². The molecule has 2 atom stereocenters. The van der Waals surface area contributed by atoms with E-state index in [0.29, 0.717) is 56.5 Å². The van der Waals surface area contributed by atoms with Crippen LogP contribution in [0.3, 0.4) is 0 Å². The number of rotatable bonds is 4. The molecule has 0 aromatic carbocycles. The Morgan fingerprint density at radius 1 is 1.32 bits per heavy atom. The fraction of sp³-hybridized carbons (Fsp3) is 0.579. The molecule has 0 saturated carbocycles. The van der Waals surface area contributed by atoms with E-state index in [1.807, 2.05) is 16.7 Å². The molecular formula is C19H25N5O4. The molecule has 1 N–H and O–H groups in total. The van der Waals surface area contributed by atoms with E-state index in [2.05, 4.69) is 15.5 Å². The molecule has 2 saturated heterocycles. The first-order valence-corrected chi connectivity index (χ1v) is 9.68. The number of hydrogen-bond acceptors (Lipinski definition) is 6. The van der Waals surface area contributed by atoms with Crippen molar-refractivity contribution in [1.82, 2.24) is 25.3 Å². The summed E-state index contributed by atoms with van der Waals surface area (Å²) in [5.74, 6) is 1.05. The van der Waals surface area contributed by atoms with Crippen molar-refractivity contribution >= 4 is 11.9 Å². The van der Waals surface area contributed by atoms with Gasteiger partial charge in [0.1, 0.15) is 6.26 Å². The molecule has 9 nitrogen and oxygen atoms in total. The van der Waals surface area contributed by atoms with Gasteiger partial charge in [0.25, 0.3) is 5.91 Å². The van der Waals surface area contributed by atoms with Crippen LogP contribution in [0.4, 0.5) is 4.79 Å². The van der Waals surface area contributed by atoms with Crippen molar-refractivity contribution in [2.24, 2.45) is 5.92 Å². The zero-order valence-electron chi connectivity index (χ0n) is 16.2. The van der Waals surface area contributed by atoms with E-state index in [1.54, 1.807) is 13.0 Å². The standard InChI is InChI=1S/C19H25N5O4/c1-3-6-20-18(26)24-10-15-9-23(16(25)14-4-8-27-11-14)7-5-19(15,12-24)17-22-21-13(2)28-17/h4,8,11,15H,3,5-7,9-10,12H2,1-2H3,(H,20,26)/t15-,19-/m0/s1. The predicted octanol–water partition coefficient (Wildman–Crippen LogP) is 1.81. The second-order valence-electron chi connectivity index (χ2n) is 7.60. The Hall–Kier alpha value is -2.84. The molecule has 2 aliphatic rings. The first-order valence-electron chi connectivity index (χ1n) is 9.68. The lowest BCUT2D eigenvalue weighted by Crippen LogP contribution is -2.51. The third-order valence-electron chi connectivity index (χ3n) is 5.78. The average Bonchev–Trinajstić information content (AvgIpc) is 3.44. The Labute approximate surface area is 163 Å². The molecule has 4 rings (SSSR count). The maximum absolute atomic E-state index is 12.8. The number of amides is 3. The van der Waals surface area contributed by atoms with E-state index >= 15 is 0 Å². The fourth-order valence-electron chi connectivity index (χ4n) is 4.28. The summed E-state index contributed by atoms with van der Waals surface area (Å²) in [5, 5.41) is 11.2. The van der Waals surface area contributed by atoms with Gasteiger partial charge < -0.3 is 24.0 Å². The fourth-order valence-corrected chi connectivity index (χ4v) is 4.28. The van der Waals surface area contributed by atoms with Crippen molar-refractivity contribution in [3.63, 3.8) is 0 Å². The molecule has 0 bridgehead atoms. The number of likely N-dealkylation sites (tertiary alicyclic amines) is 2. The molecule has 28 heavy (non-hydrogen) atoms. The van der Waals surface area contributed by atoms with Crippen LogP contribution in [0.2, 0.25) is 0 Å². The van der Waals surface area contributed by atoms with Crippen LogP contribution in [-0.4, -0.2) is 64.7 Å². The van der Waals surface area contributed by atoms with Crippen LogP contribution in [0.15, 0.2) is 27.4 Å².